The average Bonchev–Trinajstić information content (AvgIpc) is 2.58. The van der Waals surface area contributed by atoms with Crippen molar-refractivity contribution in [2.24, 2.45) is 0 Å². The molecule has 0 atom stereocenters. The Morgan fingerprint density at radius 3 is 2.17 bits per heavy atom. The van der Waals surface area contributed by atoms with Crippen LogP contribution in [0.25, 0.3) is 0 Å². The first-order valence-corrected chi connectivity index (χ1v) is 9.17. The standard InChI is InChI=1S/C20H33NO2/c1-4-6-8-9-10-16-21(3)19-14-12-18(13-15-19)20(22)23-17-11-7-5-2/h12-15H,4-11,16-17H2,1-3H3. The Hall–Kier alpha value is -1.51. The Labute approximate surface area is 142 Å². The van der Waals surface area contributed by atoms with Gasteiger partial charge in [-0.05, 0) is 37.1 Å². The maximum atomic E-state index is 11.9. The molecular weight excluding hydrogens is 286 g/mol. The number of carbonyl (C=O) groups is 1. The second-order valence-corrected chi connectivity index (χ2v) is 6.23. The number of hydrogen-bond acceptors (Lipinski definition) is 3. The van der Waals surface area contributed by atoms with Crippen LogP contribution >= 0.6 is 0 Å². The first-order valence-electron chi connectivity index (χ1n) is 9.17. The lowest BCUT2D eigenvalue weighted by Gasteiger charge is -2.19. The van der Waals surface area contributed by atoms with Gasteiger partial charge in [-0.1, -0.05) is 52.4 Å². The summed E-state index contributed by atoms with van der Waals surface area (Å²) < 4.78 is 5.28. The molecule has 0 spiro atoms. The summed E-state index contributed by atoms with van der Waals surface area (Å²) in [5.41, 5.74) is 1.80. The Morgan fingerprint density at radius 1 is 0.913 bits per heavy atom. The van der Waals surface area contributed by atoms with E-state index in [-0.39, 0.29) is 5.97 Å². The Bertz CT molecular complexity index is 428. The lowest BCUT2D eigenvalue weighted by molar-refractivity contribution is 0.0498. The van der Waals surface area contributed by atoms with Gasteiger partial charge in [0.2, 0.25) is 0 Å². The normalized spacial score (nSPS) is 10.6. The maximum absolute atomic E-state index is 11.9. The van der Waals surface area contributed by atoms with E-state index in [9.17, 15) is 4.79 Å². The van der Waals surface area contributed by atoms with Crippen LogP contribution in [0.5, 0.6) is 0 Å². The zero-order valence-corrected chi connectivity index (χ0v) is 15.1. The minimum atomic E-state index is -0.213. The Balaban J connectivity index is 2.35. The molecule has 0 bridgehead atoms. The van der Waals surface area contributed by atoms with Crippen LogP contribution in [0.1, 0.15) is 75.6 Å². The minimum Gasteiger partial charge on any atom is -0.462 e. The van der Waals surface area contributed by atoms with E-state index < -0.39 is 0 Å². The fraction of sp³-hybridized carbons (Fsp3) is 0.650. The molecule has 0 aliphatic heterocycles. The van der Waals surface area contributed by atoms with Gasteiger partial charge in [0.15, 0.2) is 0 Å². The predicted molar refractivity (Wildman–Crippen MR) is 98.3 cm³/mol. The van der Waals surface area contributed by atoms with E-state index in [0.717, 1.165) is 31.5 Å². The molecule has 0 unspecified atom stereocenters. The van der Waals surface area contributed by atoms with E-state index in [1.54, 1.807) is 0 Å². The molecule has 0 N–H and O–H groups in total. The van der Waals surface area contributed by atoms with Crippen molar-refractivity contribution >= 4 is 11.7 Å². The molecule has 3 nitrogen and oxygen atoms in total. The summed E-state index contributed by atoms with van der Waals surface area (Å²) in [5.74, 6) is -0.213. The minimum absolute atomic E-state index is 0.213. The lowest BCUT2D eigenvalue weighted by Crippen LogP contribution is -2.18. The summed E-state index contributed by atoms with van der Waals surface area (Å²) in [4.78, 5) is 14.2. The van der Waals surface area contributed by atoms with Crippen LogP contribution in [0.15, 0.2) is 24.3 Å². The van der Waals surface area contributed by atoms with Gasteiger partial charge in [-0.2, -0.15) is 0 Å². The van der Waals surface area contributed by atoms with Crippen molar-refractivity contribution in [1.82, 2.24) is 0 Å². The SMILES string of the molecule is CCCCCCCN(C)c1ccc(C(=O)OCCCCC)cc1. The van der Waals surface area contributed by atoms with E-state index in [4.69, 9.17) is 4.74 Å². The molecule has 1 aromatic carbocycles. The number of benzene rings is 1. The molecule has 0 heterocycles. The molecule has 23 heavy (non-hydrogen) atoms. The number of ether oxygens (including phenoxy) is 1. The van der Waals surface area contributed by atoms with Crippen LogP contribution in [0.3, 0.4) is 0 Å². The number of hydrogen-bond donors (Lipinski definition) is 0. The maximum Gasteiger partial charge on any atom is 0.338 e. The summed E-state index contributed by atoms with van der Waals surface area (Å²) in [6, 6.07) is 7.75. The molecule has 1 rings (SSSR count). The summed E-state index contributed by atoms with van der Waals surface area (Å²) in [7, 11) is 2.11. The van der Waals surface area contributed by atoms with Gasteiger partial charge in [0.25, 0.3) is 0 Å². The molecule has 0 saturated heterocycles. The second-order valence-electron chi connectivity index (χ2n) is 6.23. The third-order valence-electron chi connectivity index (χ3n) is 4.12. The molecule has 0 aromatic heterocycles. The average molecular weight is 319 g/mol. The summed E-state index contributed by atoms with van der Waals surface area (Å²) in [6.07, 6.45) is 9.64. The third-order valence-corrected chi connectivity index (χ3v) is 4.12. The molecule has 130 valence electrons. The highest BCUT2D eigenvalue weighted by molar-refractivity contribution is 5.89. The third kappa shape index (κ3) is 8.06. The molecular formula is C20H33NO2. The van der Waals surface area contributed by atoms with Crippen molar-refractivity contribution < 1.29 is 9.53 Å². The molecule has 0 aliphatic carbocycles. The van der Waals surface area contributed by atoms with Gasteiger partial charge < -0.3 is 9.64 Å². The van der Waals surface area contributed by atoms with E-state index in [0.29, 0.717) is 12.2 Å². The molecule has 0 radical (unpaired) electrons. The van der Waals surface area contributed by atoms with Gasteiger partial charge in [0.1, 0.15) is 0 Å². The van der Waals surface area contributed by atoms with Gasteiger partial charge in [0, 0.05) is 19.3 Å². The smallest absolute Gasteiger partial charge is 0.338 e. The number of carbonyl (C=O) groups excluding carboxylic acids is 1. The van der Waals surface area contributed by atoms with Gasteiger partial charge in [-0.25, -0.2) is 4.79 Å². The van der Waals surface area contributed by atoms with E-state index in [1.807, 2.05) is 24.3 Å². The summed E-state index contributed by atoms with van der Waals surface area (Å²) in [6.45, 7) is 5.96. The van der Waals surface area contributed by atoms with Gasteiger partial charge >= 0.3 is 5.97 Å². The van der Waals surface area contributed by atoms with Crippen molar-refractivity contribution in [2.45, 2.75) is 65.2 Å². The molecule has 0 amide bonds. The Morgan fingerprint density at radius 2 is 1.52 bits per heavy atom. The van der Waals surface area contributed by atoms with Crippen LogP contribution < -0.4 is 4.90 Å². The number of anilines is 1. The monoisotopic (exact) mass is 319 g/mol. The van der Waals surface area contributed by atoms with Crippen LogP contribution in [0.4, 0.5) is 5.69 Å². The number of rotatable bonds is 12. The highest BCUT2D eigenvalue weighted by Gasteiger charge is 2.08. The van der Waals surface area contributed by atoms with Gasteiger partial charge in [-0.3, -0.25) is 0 Å². The number of esters is 1. The lowest BCUT2D eigenvalue weighted by atomic mass is 10.1. The summed E-state index contributed by atoms with van der Waals surface area (Å²) >= 11 is 0. The zero-order chi connectivity index (χ0) is 16.9. The van der Waals surface area contributed by atoms with Crippen LogP contribution in [0.2, 0.25) is 0 Å². The quantitative estimate of drug-likeness (QED) is 0.379. The molecule has 1 aromatic rings. The fourth-order valence-corrected chi connectivity index (χ4v) is 2.53. The molecule has 0 fully saturated rings. The van der Waals surface area contributed by atoms with Gasteiger partial charge in [-0.15, -0.1) is 0 Å². The fourth-order valence-electron chi connectivity index (χ4n) is 2.53. The predicted octanol–water partition coefficient (Wildman–Crippen LogP) is 5.44. The van der Waals surface area contributed by atoms with Gasteiger partial charge in [0.05, 0.1) is 12.2 Å². The zero-order valence-electron chi connectivity index (χ0n) is 15.1. The Kier molecular flexibility index (Phi) is 10.2. The van der Waals surface area contributed by atoms with E-state index in [2.05, 4.69) is 25.8 Å². The summed E-state index contributed by atoms with van der Waals surface area (Å²) in [5, 5.41) is 0. The number of unbranched alkanes of at least 4 members (excludes halogenated alkanes) is 6. The van der Waals surface area contributed by atoms with Crippen LogP contribution in [0, 0.1) is 0 Å². The highest BCUT2D eigenvalue weighted by Crippen LogP contribution is 2.16. The number of nitrogens with zero attached hydrogens (tertiary/aromatic N) is 1. The molecule has 3 heteroatoms. The first kappa shape index (κ1) is 19.5. The van der Waals surface area contributed by atoms with Crippen LogP contribution in [-0.4, -0.2) is 26.2 Å². The van der Waals surface area contributed by atoms with E-state index >= 15 is 0 Å². The second kappa shape index (κ2) is 12.0. The highest BCUT2D eigenvalue weighted by atomic mass is 16.5. The van der Waals surface area contributed by atoms with Crippen LogP contribution in [-0.2, 0) is 4.74 Å². The first-order chi connectivity index (χ1) is 11.2. The van der Waals surface area contributed by atoms with Crippen molar-refractivity contribution in [2.75, 3.05) is 25.1 Å². The van der Waals surface area contributed by atoms with E-state index in [1.165, 1.54) is 32.1 Å². The topological polar surface area (TPSA) is 29.5 Å². The molecule has 0 saturated carbocycles. The van der Waals surface area contributed by atoms with Crippen molar-refractivity contribution in [1.29, 1.82) is 0 Å². The van der Waals surface area contributed by atoms with Crippen molar-refractivity contribution in [3.63, 3.8) is 0 Å². The molecule has 0 aliphatic rings. The van der Waals surface area contributed by atoms with Crippen molar-refractivity contribution in [3.8, 4) is 0 Å². The van der Waals surface area contributed by atoms with Crippen molar-refractivity contribution in [3.05, 3.63) is 29.8 Å². The largest absolute Gasteiger partial charge is 0.462 e.